The monoisotopic (exact) mass is 379 g/mol. The molecule has 1 heterocycles. The van der Waals surface area contributed by atoms with Crippen LogP contribution >= 0.6 is 0 Å². The fourth-order valence-electron chi connectivity index (χ4n) is 3.56. The number of ether oxygens (including phenoxy) is 1. The van der Waals surface area contributed by atoms with Crippen LogP contribution in [0.1, 0.15) is 52.9 Å². The fraction of sp³-hybridized carbons (Fsp3) is 0.348. The van der Waals surface area contributed by atoms with Crippen LogP contribution in [0.3, 0.4) is 0 Å². The van der Waals surface area contributed by atoms with Crippen LogP contribution in [0, 0.1) is 6.92 Å². The number of aryl methyl sites for hydroxylation is 2. The quantitative estimate of drug-likeness (QED) is 0.356. The average Bonchev–Trinajstić information content (AvgIpc) is 2.98. The molecule has 28 heavy (non-hydrogen) atoms. The highest BCUT2D eigenvalue weighted by Gasteiger charge is 2.24. The van der Waals surface area contributed by atoms with E-state index in [1.807, 2.05) is 47.9 Å². The van der Waals surface area contributed by atoms with Gasteiger partial charge in [0.25, 0.3) is 5.82 Å². The van der Waals surface area contributed by atoms with Crippen molar-refractivity contribution in [3.63, 3.8) is 0 Å². The predicted molar refractivity (Wildman–Crippen MR) is 109 cm³/mol. The zero-order chi connectivity index (χ0) is 20.3. The van der Waals surface area contributed by atoms with Crippen LogP contribution in [0.25, 0.3) is 11.0 Å². The van der Waals surface area contributed by atoms with Crippen molar-refractivity contribution in [3.8, 4) is 0 Å². The Bertz CT molecular complexity index is 1020. The summed E-state index contributed by atoms with van der Waals surface area (Å²) in [6.07, 6.45) is 0.947. The number of nitrogens with zero attached hydrogens (tertiary/aromatic N) is 2. The molecule has 0 aliphatic heterocycles. The van der Waals surface area contributed by atoms with Crippen molar-refractivity contribution in [3.05, 3.63) is 65.0 Å². The zero-order valence-electron chi connectivity index (χ0n) is 17.0. The van der Waals surface area contributed by atoms with E-state index < -0.39 is 0 Å². The molecular weight excluding hydrogens is 352 g/mol. The molecule has 0 spiro atoms. The number of hydrogen-bond donors (Lipinski definition) is 0. The van der Waals surface area contributed by atoms with E-state index in [4.69, 9.17) is 4.74 Å². The number of hydrogen-bond acceptors (Lipinski definition) is 3. The van der Waals surface area contributed by atoms with E-state index >= 15 is 0 Å². The molecule has 0 saturated heterocycles. The molecule has 3 aromatic rings. The van der Waals surface area contributed by atoms with Crippen molar-refractivity contribution in [1.82, 2.24) is 4.57 Å². The molecular formula is C23H27N2O3+. The van der Waals surface area contributed by atoms with Gasteiger partial charge < -0.3 is 4.74 Å². The molecule has 0 N–H and O–H groups in total. The van der Waals surface area contributed by atoms with Crippen molar-refractivity contribution in [2.75, 3.05) is 6.61 Å². The first-order valence-corrected chi connectivity index (χ1v) is 9.82. The summed E-state index contributed by atoms with van der Waals surface area (Å²) in [6, 6.07) is 13.3. The summed E-state index contributed by atoms with van der Waals surface area (Å²) in [5, 5.41) is 0. The molecule has 0 amide bonds. The minimum absolute atomic E-state index is 0.0486. The molecule has 1 aromatic heterocycles. The highest BCUT2D eigenvalue weighted by Crippen LogP contribution is 2.19. The Labute approximate surface area is 165 Å². The van der Waals surface area contributed by atoms with Gasteiger partial charge in [0.2, 0.25) is 5.78 Å². The van der Waals surface area contributed by atoms with Gasteiger partial charge in [0.05, 0.1) is 18.7 Å². The number of ketones is 1. The lowest BCUT2D eigenvalue weighted by Crippen LogP contribution is -2.35. The van der Waals surface area contributed by atoms with Gasteiger partial charge in [-0.3, -0.25) is 4.79 Å². The SMILES string of the molecule is CCOC(=O)c1ccc2c(c1)n(CC(=O)c1ccc(CC)cc1)c(C)[n+]2CC. The van der Waals surface area contributed by atoms with Gasteiger partial charge in [-0.2, -0.15) is 0 Å². The van der Waals surface area contributed by atoms with Gasteiger partial charge in [0.15, 0.2) is 17.6 Å². The van der Waals surface area contributed by atoms with E-state index in [9.17, 15) is 9.59 Å². The smallest absolute Gasteiger partial charge is 0.338 e. The fourth-order valence-corrected chi connectivity index (χ4v) is 3.56. The first-order chi connectivity index (χ1) is 13.5. The summed E-state index contributed by atoms with van der Waals surface area (Å²) < 4.78 is 9.26. The lowest BCUT2D eigenvalue weighted by atomic mass is 10.1. The highest BCUT2D eigenvalue weighted by atomic mass is 16.5. The number of aromatic nitrogens is 2. The second-order valence-electron chi connectivity index (χ2n) is 6.78. The maximum absolute atomic E-state index is 12.9. The Morgan fingerprint density at radius 2 is 1.68 bits per heavy atom. The third-order valence-electron chi connectivity index (χ3n) is 5.15. The van der Waals surface area contributed by atoms with Crippen LogP contribution in [0.2, 0.25) is 0 Å². The summed E-state index contributed by atoms with van der Waals surface area (Å²) in [4.78, 5) is 25.1. The van der Waals surface area contributed by atoms with Crippen LogP contribution in [0.15, 0.2) is 42.5 Å². The Kier molecular flexibility index (Phi) is 5.93. The van der Waals surface area contributed by atoms with Crippen molar-refractivity contribution in [1.29, 1.82) is 0 Å². The zero-order valence-corrected chi connectivity index (χ0v) is 17.0. The molecule has 0 unspecified atom stereocenters. The first-order valence-electron chi connectivity index (χ1n) is 9.82. The van der Waals surface area contributed by atoms with E-state index in [2.05, 4.69) is 18.4 Å². The van der Waals surface area contributed by atoms with E-state index in [1.54, 1.807) is 13.0 Å². The average molecular weight is 379 g/mol. The maximum Gasteiger partial charge on any atom is 0.338 e. The largest absolute Gasteiger partial charge is 0.462 e. The number of carbonyl (C=O) groups is 2. The van der Waals surface area contributed by atoms with Crippen LogP contribution in [-0.4, -0.2) is 22.9 Å². The number of fused-ring (bicyclic) bond motifs is 1. The summed E-state index contributed by atoms with van der Waals surface area (Å²) in [5.41, 5.74) is 4.27. The molecule has 5 nitrogen and oxygen atoms in total. The summed E-state index contributed by atoms with van der Waals surface area (Å²) in [7, 11) is 0. The van der Waals surface area contributed by atoms with Crippen LogP contribution in [0.5, 0.6) is 0 Å². The Balaban J connectivity index is 2.02. The molecule has 0 saturated carbocycles. The molecule has 0 bridgehead atoms. The molecule has 0 aliphatic carbocycles. The van der Waals surface area contributed by atoms with Gasteiger partial charge in [0.1, 0.15) is 0 Å². The number of imidazole rings is 1. The molecule has 3 rings (SSSR count). The lowest BCUT2D eigenvalue weighted by Gasteiger charge is -2.04. The molecule has 0 fully saturated rings. The van der Waals surface area contributed by atoms with Gasteiger partial charge in [-0.15, -0.1) is 0 Å². The van der Waals surface area contributed by atoms with Gasteiger partial charge >= 0.3 is 5.97 Å². The lowest BCUT2D eigenvalue weighted by molar-refractivity contribution is -0.674. The summed E-state index contributed by atoms with van der Waals surface area (Å²) in [5.74, 6) is 0.684. The minimum atomic E-state index is -0.348. The van der Waals surface area contributed by atoms with Gasteiger partial charge in [-0.25, -0.2) is 13.9 Å². The second-order valence-corrected chi connectivity index (χ2v) is 6.78. The highest BCUT2D eigenvalue weighted by molar-refractivity contribution is 5.97. The van der Waals surface area contributed by atoms with E-state index in [1.165, 1.54) is 5.56 Å². The molecule has 0 radical (unpaired) electrons. The van der Waals surface area contributed by atoms with E-state index in [0.717, 1.165) is 29.8 Å². The van der Waals surface area contributed by atoms with E-state index in [0.29, 0.717) is 17.7 Å². The van der Waals surface area contributed by atoms with Crippen molar-refractivity contribution < 1.29 is 18.9 Å². The number of benzene rings is 2. The predicted octanol–water partition coefficient (Wildman–Crippen LogP) is 3.88. The maximum atomic E-state index is 12.9. The molecule has 0 aliphatic rings. The van der Waals surface area contributed by atoms with Crippen molar-refractivity contribution >= 4 is 22.8 Å². The molecule has 5 heteroatoms. The summed E-state index contributed by atoms with van der Waals surface area (Å²) in [6.45, 7) is 9.30. The van der Waals surface area contributed by atoms with Crippen molar-refractivity contribution in [2.45, 2.75) is 47.2 Å². The van der Waals surface area contributed by atoms with Crippen LogP contribution < -0.4 is 4.57 Å². The number of Topliss-reactive ketones (excluding diaryl/α,β-unsaturated/α-hetero) is 1. The Morgan fingerprint density at radius 1 is 1.00 bits per heavy atom. The van der Waals surface area contributed by atoms with Gasteiger partial charge in [0, 0.05) is 18.6 Å². The number of esters is 1. The normalized spacial score (nSPS) is 11.0. The Hall–Kier alpha value is -2.95. The van der Waals surface area contributed by atoms with Crippen LogP contribution in [-0.2, 0) is 24.2 Å². The van der Waals surface area contributed by atoms with E-state index in [-0.39, 0.29) is 18.3 Å². The van der Waals surface area contributed by atoms with Crippen LogP contribution in [0.4, 0.5) is 0 Å². The Morgan fingerprint density at radius 3 is 2.29 bits per heavy atom. The number of carbonyl (C=O) groups excluding carboxylic acids is 2. The molecule has 0 atom stereocenters. The second kappa shape index (κ2) is 8.38. The minimum Gasteiger partial charge on any atom is -0.462 e. The molecule has 146 valence electrons. The van der Waals surface area contributed by atoms with Crippen molar-refractivity contribution in [2.24, 2.45) is 0 Å². The van der Waals surface area contributed by atoms with Gasteiger partial charge in [-0.1, -0.05) is 31.2 Å². The van der Waals surface area contributed by atoms with Gasteiger partial charge in [-0.05, 0) is 38.0 Å². The summed E-state index contributed by atoms with van der Waals surface area (Å²) >= 11 is 0. The first kappa shape index (κ1) is 19.8. The molecule has 2 aromatic carbocycles. The topological polar surface area (TPSA) is 52.2 Å². The third-order valence-corrected chi connectivity index (χ3v) is 5.15. The number of rotatable bonds is 7. The standard InChI is InChI=1S/C23H27N2O3/c1-5-17-8-10-18(11-9-17)22(26)15-25-16(4)24(6-2)20-13-12-19(14-21(20)25)23(27)28-7-3/h8-14H,5-7,15H2,1-4H3/q+1. The third kappa shape index (κ3) is 3.70.